The summed E-state index contributed by atoms with van der Waals surface area (Å²) >= 11 is -0.750. The number of benzene rings is 1. The van der Waals surface area contributed by atoms with E-state index in [1.54, 1.807) is 76.6 Å². The first kappa shape index (κ1) is 85.4. The van der Waals surface area contributed by atoms with Crippen molar-refractivity contribution in [3.63, 3.8) is 0 Å². The molecule has 0 radical (unpaired) electrons. The van der Waals surface area contributed by atoms with E-state index >= 15 is 0 Å². The van der Waals surface area contributed by atoms with Crippen molar-refractivity contribution in [1.29, 1.82) is 0 Å². The van der Waals surface area contributed by atoms with Gasteiger partial charge in [0.1, 0.15) is 17.3 Å². The molecule has 1 aliphatic carbocycles. The van der Waals surface area contributed by atoms with Crippen LogP contribution < -0.4 is 16.3 Å². The molecule has 1 atom stereocenters. The van der Waals surface area contributed by atoms with E-state index in [9.17, 15) is 19.2 Å². The fraction of sp³-hybridized carbons (Fsp3) is 0.542. The molecule has 1 saturated carbocycles. The number of hydrogen-bond donors (Lipinski definition) is 3. The molecule has 3 N–H and O–H groups in total. The Kier molecular flexibility index (Phi) is 63.3. The number of ether oxygens (including phenoxy) is 2. The summed E-state index contributed by atoms with van der Waals surface area (Å²) in [6, 6.07) is 14.6. The van der Waals surface area contributed by atoms with Crippen LogP contribution in [0.1, 0.15) is 147 Å². The summed E-state index contributed by atoms with van der Waals surface area (Å²) < 4.78 is 35.8. The summed E-state index contributed by atoms with van der Waals surface area (Å²) in [5.41, 5.74) is 5.88. The third-order valence-electron chi connectivity index (χ3n) is 9.30. The van der Waals surface area contributed by atoms with Crippen LogP contribution >= 0.6 is 0 Å². The molecule has 5 aromatic heterocycles. The normalized spacial score (nSPS) is 10.2. The zero-order valence-corrected chi connectivity index (χ0v) is 53.9. The van der Waals surface area contributed by atoms with Crippen LogP contribution in [0.15, 0.2) is 76.5 Å². The summed E-state index contributed by atoms with van der Waals surface area (Å²) in [4.78, 5) is 45.4. The second kappa shape index (κ2) is 60.7. The van der Waals surface area contributed by atoms with Gasteiger partial charge in [0, 0.05) is 97.5 Å². The predicted octanol–water partition coefficient (Wildman–Crippen LogP) is 9.54. The van der Waals surface area contributed by atoms with E-state index in [1.165, 1.54) is 55.0 Å². The van der Waals surface area contributed by atoms with Gasteiger partial charge in [0.2, 0.25) is 5.91 Å². The standard InChI is InChI=1S/C8H15NO.C8H11N.C7H10O.C6H8N2O.C6H12O3.2C4H7N3.C4H8O.C4H6.C3H5N3.C3H4.C2H6.O2S/c1-7(10)9-8-5-3-2-4-6-8;1-7-3-5-8(9-2)6-4-7;1-3-7-5-4-6(2)8-7;1-5-3-4-8(2)6(9)7-5;1-5(4-8-2)6(7)9-3;2*1-4-3-7(2)6-5-4;1-3-4(2)5;1-3-4-2;1-3-2-4-6-5-3;1-3-2;1-2;1-3-2/h8H,2-6H2,1H3,(H,9,10);3-6,9H,1-2H3;4-5H,3H2,1-2H3;3-4H,1-2H3;5H,4H2,1-3H3;2*3H,1-2H3;3H2,1-2H3;1H,4H2,2H3;2H,1H3,(H,4,5,6);1H,2H3;1-2H3;. The van der Waals surface area contributed by atoms with Crippen molar-refractivity contribution in [2.45, 2.75) is 161 Å². The van der Waals surface area contributed by atoms with Crippen LogP contribution in [0.25, 0.3) is 0 Å². The first-order chi connectivity index (χ1) is 38.8. The third-order valence-corrected chi connectivity index (χ3v) is 9.30. The molecule has 0 spiro atoms. The maximum absolute atomic E-state index is 10.7. The summed E-state index contributed by atoms with van der Waals surface area (Å²) in [6.45, 7) is 28.4. The average Bonchev–Trinajstić information content (AvgIpc) is 4.30. The highest BCUT2D eigenvalue weighted by atomic mass is 32.1. The first-order valence-corrected chi connectivity index (χ1v) is 27.4. The van der Waals surface area contributed by atoms with Crippen LogP contribution in [0.4, 0.5) is 5.69 Å². The summed E-state index contributed by atoms with van der Waals surface area (Å²) in [7, 11) is 10.2. The van der Waals surface area contributed by atoms with Crippen LogP contribution in [0.5, 0.6) is 0 Å². The fourth-order valence-electron chi connectivity index (χ4n) is 5.18. The highest BCUT2D eigenvalue weighted by Crippen LogP contribution is 2.17. The Labute approximate surface area is 493 Å². The molecular formula is C59H99N13O9S. The van der Waals surface area contributed by atoms with Crippen molar-refractivity contribution in [3.8, 4) is 24.7 Å². The summed E-state index contributed by atoms with van der Waals surface area (Å²) in [5.74, 6) is 6.75. The molecule has 23 heteroatoms. The van der Waals surface area contributed by atoms with E-state index in [0.717, 1.165) is 47.1 Å². The monoisotopic (exact) mass is 1170 g/mol. The van der Waals surface area contributed by atoms with Gasteiger partial charge in [-0.2, -0.15) is 28.8 Å². The van der Waals surface area contributed by atoms with Gasteiger partial charge in [-0.15, -0.1) is 34.9 Å². The van der Waals surface area contributed by atoms with Crippen LogP contribution in [0.3, 0.4) is 0 Å². The number of nitrogens with one attached hydrogen (secondary N) is 3. The molecule has 460 valence electrons. The Morgan fingerprint density at radius 2 is 1.32 bits per heavy atom. The van der Waals surface area contributed by atoms with E-state index in [1.807, 2.05) is 101 Å². The SMILES string of the molecule is C#CC.C#CCC.CC.CC(=O)NC1CCCCC1.CCC(C)=O.CCc1ccc(C)o1.CNc1ccc(C)cc1.COCC(C)C(=O)OC.Cc1ccn(C)c(=O)n1.Cc1cn(C)nn1.Cc1cn(C)nn1.Cc1cn[nH]n1.O=S=O. The van der Waals surface area contributed by atoms with E-state index in [0.29, 0.717) is 19.1 Å². The first-order valence-electron chi connectivity index (χ1n) is 26.7. The van der Waals surface area contributed by atoms with Gasteiger partial charge in [-0.1, -0.05) is 82.0 Å². The molecule has 5 heterocycles. The molecule has 0 bridgehead atoms. The highest BCUT2D eigenvalue weighted by Gasteiger charge is 2.13. The number of aryl methyl sites for hydroxylation is 10. The average molecular weight is 1170 g/mol. The maximum atomic E-state index is 10.7. The summed E-state index contributed by atoms with van der Waals surface area (Å²) in [5, 5.41) is 30.5. The second-order valence-electron chi connectivity index (χ2n) is 17.0. The Morgan fingerprint density at radius 1 is 0.829 bits per heavy atom. The minimum Gasteiger partial charge on any atom is -0.469 e. The third kappa shape index (κ3) is 61.3. The van der Waals surface area contributed by atoms with Gasteiger partial charge in [0.05, 0.1) is 42.9 Å². The number of carbonyl (C=O) groups is 3. The lowest BCUT2D eigenvalue weighted by molar-refractivity contribution is -0.146. The Bertz CT molecular complexity index is 2530. The molecule has 0 saturated heterocycles. The molecular weight excluding hydrogens is 1070 g/mol. The number of Topliss-reactive ketones (excluding diaryl/α,β-unsaturated/α-hetero) is 1. The van der Waals surface area contributed by atoms with Crippen LogP contribution in [0.2, 0.25) is 0 Å². The minimum atomic E-state index is -0.750. The van der Waals surface area contributed by atoms with Gasteiger partial charge in [-0.25, -0.2) is 4.79 Å². The molecule has 22 nitrogen and oxygen atoms in total. The lowest BCUT2D eigenvalue weighted by Gasteiger charge is -2.21. The number of esters is 1. The van der Waals surface area contributed by atoms with Crippen molar-refractivity contribution < 1.29 is 36.7 Å². The van der Waals surface area contributed by atoms with Crippen molar-refractivity contribution in [1.82, 2.24) is 60.3 Å². The number of H-pyrrole nitrogens is 1. The van der Waals surface area contributed by atoms with Crippen molar-refractivity contribution >= 4 is 34.9 Å². The number of aromatic nitrogens is 11. The number of aromatic amines is 1. The Balaban J connectivity index is -0.000000194. The van der Waals surface area contributed by atoms with Gasteiger partial charge < -0.3 is 33.9 Å². The zero-order valence-electron chi connectivity index (χ0n) is 53.1. The number of rotatable bonds is 7. The number of ketones is 1. The number of methoxy groups -OCH3 is 2. The minimum absolute atomic E-state index is 0.118. The van der Waals surface area contributed by atoms with Crippen LogP contribution in [0, 0.1) is 72.1 Å². The summed E-state index contributed by atoms with van der Waals surface area (Å²) in [6.07, 6.45) is 25.2. The van der Waals surface area contributed by atoms with Gasteiger partial charge in [0.15, 0.2) is 0 Å². The number of terminal acetylenes is 2. The lowest BCUT2D eigenvalue weighted by Crippen LogP contribution is -2.34. The molecule has 1 unspecified atom stereocenters. The number of carbonyl (C=O) groups excluding carboxylic acids is 3. The Hall–Kier alpha value is -7.89. The lowest BCUT2D eigenvalue weighted by atomic mass is 9.95. The maximum Gasteiger partial charge on any atom is 0.347 e. The van der Waals surface area contributed by atoms with E-state index in [4.69, 9.17) is 24.0 Å². The number of nitrogens with zero attached hydrogens (tertiary/aromatic N) is 10. The van der Waals surface area contributed by atoms with E-state index in [2.05, 4.69) is 113 Å². The zero-order chi connectivity index (χ0) is 64.3. The van der Waals surface area contributed by atoms with Crippen LogP contribution in [-0.4, -0.2) is 115 Å². The van der Waals surface area contributed by atoms with Gasteiger partial charge in [-0.05, 0) is 105 Å². The Morgan fingerprint density at radius 3 is 1.56 bits per heavy atom. The second-order valence-corrected chi connectivity index (χ2v) is 17.1. The molecule has 7 rings (SSSR count). The van der Waals surface area contributed by atoms with Gasteiger partial charge >= 0.3 is 23.2 Å². The van der Waals surface area contributed by atoms with Crippen molar-refractivity contribution in [3.05, 3.63) is 118 Å². The molecule has 1 aliphatic rings. The molecule has 1 fully saturated rings. The topological polar surface area (TPSA) is 279 Å². The number of amides is 1. The molecule has 0 aliphatic heterocycles. The number of furan rings is 1. The van der Waals surface area contributed by atoms with E-state index in [-0.39, 0.29) is 29.3 Å². The van der Waals surface area contributed by atoms with Gasteiger partial charge in [0.25, 0.3) is 0 Å². The predicted molar refractivity (Wildman–Crippen MR) is 329 cm³/mol. The smallest absolute Gasteiger partial charge is 0.347 e. The van der Waals surface area contributed by atoms with Crippen molar-refractivity contribution in [2.75, 3.05) is 33.2 Å². The van der Waals surface area contributed by atoms with E-state index < -0.39 is 11.6 Å². The molecule has 1 amide bonds. The number of anilines is 1. The van der Waals surface area contributed by atoms with Crippen LogP contribution in [-0.2, 0) is 63.0 Å². The fourth-order valence-corrected chi connectivity index (χ4v) is 5.18. The largest absolute Gasteiger partial charge is 0.469 e. The number of hydrogen-bond acceptors (Lipinski definition) is 17. The quantitative estimate of drug-likeness (QED) is 0.0990. The van der Waals surface area contributed by atoms with Gasteiger partial charge in [-0.3, -0.25) is 19.0 Å². The molecule has 82 heavy (non-hydrogen) atoms. The molecule has 6 aromatic rings. The van der Waals surface area contributed by atoms with Crippen molar-refractivity contribution in [2.24, 2.45) is 27.1 Å². The highest BCUT2D eigenvalue weighted by molar-refractivity contribution is 7.51. The molecule has 1 aromatic carbocycles.